The third-order valence-electron chi connectivity index (χ3n) is 7.80. The molecule has 0 radical (unpaired) electrons. The van der Waals surface area contributed by atoms with Crippen LogP contribution in [0, 0.1) is 0 Å². The van der Waals surface area contributed by atoms with E-state index in [2.05, 4.69) is 66.2 Å². The number of nitrogens with zero attached hydrogens (tertiary/aromatic N) is 2. The van der Waals surface area contributed by atoms with Crippen LogP contribution in [0.15, 0.2) is 66.7 Å². The van der Waals surface area contributed by atoms with Gasteiger partial charge in [-0.2, -0.15) is 0 Å². The first-order valence-corrected chi connectivity index (χ1v) is 15.2. The smallest absolute Gasteiger partial charge is 0.224 e. The molecule has 4 rings (SSSR count). The number of benzene rings is 3. The lowest BCUT2D eigenvalue weighted by Crippen LogP contribution is -2.26. The molecule has 0 spiro atoms. The largest absolute Gasteiger partial charge is 0.494 e. The molecule has 42 heavy (non-hydrogen) atoms. The molecule has 0 aliphatic heterocycles. The van der Waals surface area contributed by atoms with Gasteiger partial charge in [0.05, 0.1) is 38.3 Å². The maximum atomic E-state index is 12.4. The van der Waals surface area contributed by atoms with Gasteiger partial charge in [-0.1, -0.05) is 50.6 Å². The Morgan fingerprint density at radius 2 is 1.71 bits per heavy atom. The number of hydrogen-bond donors (Lipinski definition) is 1. The van der Waals surface area contributed by atoms with E-state index in [1.807, 2.05) is 24.3 Å². The van der Waals surface area contributed by atoms with Gasteiger partial charge in [0.1, 0.15) is 11.6 Å². The summed E-state index contributed by atoms with van der Waals surface area (Å²) in [6, 6.07) is 22.4. The second-order valence-electron chi connectivity index (χ2n) is 10.8. The van der Waals surface area contributed by atoms with Gasteiger partial charge in [0.15, 0.2) is 11.5 Å². The molecule has 0 aliphatic rings. The molecule has 7 heteroatoms. The average Bonchev–Trinajstić information content (AvgIpc) is 3.37. The summed E-state index contributed by atoms with van der Waals surface area (Å²) in [6.45, 7) is 6.67. The highest BCUT2D eigenvalue weighted by Gasteiger charge is 2.11. The number of hydrogen-bond acceptors (Lipinski definition) is 5. The van der Waals surface area contributed by atoms with Crippen molar-refractivity contribution in [1.29, 1.82) is 0 Å². The monoisotopic (exact) mass is 571 g/mol. The Balaban J connectivity index is 1.20. The average molecular weight is 572 g/mol. The number of rotatable bonds is 17. The Bertz CT molecular complexity index is 1410. The molecule has 7 nitrogen and oxygen atoms in total. The Kier molecular flexibility index (Phi) is 11.7. The van der Waals surface area contributed by atoms with Crippen molar-refractivity contribution in [2.75, 3.05) is 27.4 Å². The number of methoxy groups -OCH3 is 2. The van der Waals surface area contributed by atoms with Gasteiger partial charge in [-0.25, -0.2) is 4.98 Å². The second kappa shape index (κ2) is 15.9. The predicted octanol–water partition coefficient (Wildman–Crippen LogP) is 7.11. The van der Waals surface area contributed by atoms with E-state index in [1.165, 1.54) is 11.1 Å². The van der Waals surface area contributed by atoms with E-state index >= 15 is 0 Å². The molecule has 0 bridgehead atoms. The second-order valence-corrected chi connectivity index (χ2v) is 10.8. The molecule has 3 aromatic carbocycles. The number of carbonyl (C=O) groups excluding carboxylic acids is 1. The van der Waals surface area contributed by atoms with Crippen LogP contribution in [0.3, 0.4) is 0 Å². The highest BCUT2D eigenvalue weighted by molar-refractivity contribution is 5.78. The summed E-state index contributed by atoms with van der Waals surface area (Å²) in [7, 11) is 3.20. The zero-order chi connectivity index (χ0) is 29.7. The predicted molar refractivity (Wildman–Crippen MR) is 169 cm³/mol. The van der Waals surface area contributed by atoms with E-state index in [1.54, 1.807) is 14.2 Å². The first kappa shape index (κ1) is 30.9. The third kappa shape index (κ3) is 8.51. The van der Waals surface area contributed by atoms with Crippen LogP contribution in [0.2, 0.25) is 0 Å². The summed E-state index contributed by atoms with van der Waals surface area (Å²) in [5.41, 5.74) is 4.47. The van der Waals surface area contributed by atoms with Crippen molar-refractivity contribution < 1.29 is 19.0 Å². The molecule has 1 heterocycles. The van der Waals surface area contributed by atoms with Gasteiger partial charge >= 0.3 is 0 Å². The zero-order valence-electron chi connectivity index (χ0n) is 25.5. The Morgan fingerprint density at radius 3 is 2.48 bits per heavy atom. The fourth-order valence-electron chi connectivity index (χ4n) is 5.16. The van der Waals surface area contributed by atoms with Gasteiger partial charge in [0, 0.05) is 19.5 Å². The summed E-state index contributed by atoms with van der Waals surface area (Å²) in [6.07, 6.45) is 6.25. The van der Waals surface area contributed by atoms with Crippen LogP contribution in [-0.2, 0) is 24.2 Å². The van der Waals surface area contributed by atoms with Crippen molar-refractivity contribution >= 4 is 16.9 Å². The number of fused-ring (bicyclic) bond motifs is 1. The molecule has 0 fully saturated rings. The fourth-order valence-corrected chi connectivity index (χ4v) is 5.16. The summed E-state index contributed by atoms with van der Waals surface area (Å²) in [5, 5.41) is 3.04. The van der Waals surface area contributed by atoms with Gasteiger partial charge in [-0.15, -0.1) is 0 Å². The van der Waals surface area contributed by atoms with Gasteiger partial charge in [0.25, 0.3) is 0 Å². The lowest BCUT2D eigenvalue weighted by Gasteiger charge is -2.12. The van der Waals surface area contributed by atoms with Crippen molar-refractivity contribution in [1.82, 2.24) is 14.9 Å². The zero-order valence-corrected chi connectivity index (χ0v) is 25.5. The third-order valence-corrected chi connectivity index (χ3v) is 7.80. The van der Waals surface area contributed by atoms with Crippen molar-refractivity contribution in [2.24, 2.45) is 0 Å². The highest BCUT2D eigenvalue weighted by Crippen LogP contribution is 2.28. The number of carbonyl (C=O) groups is 1. The van der Waals surface area contributed by atoms with Crippen molar-refractivity contribution in [3.8, 4) is 17.2 Å². The van der Waals surface area contributed by atoms with Crippen molar-refractivity contribution in [3.05, 3.63) is 83.7 Å². The topological polar surface area (TPSA) is 74.6 Å². The molecule has 4 aromatic rings. The minimum absolute atomic E-state index is 0.0118. The number of imidazole rings is 1. The molecule has 1 aromatic heterocycles. The summed E-state index contributed by atoms with van der Waals surface area (Å²) in [5.74, 6) is 3.91. The van der Waals surface area contributed by atoms with Crippen LogP contribution in [0.25, 0.3) is 11.0 Å². The Morgan fingerprint density at radius 1 is 0.929 bits per heavy atom. The van der Waals surface area contributed by atoms with Crippen molar-refractivity contribution in [2.45, 2.75) is 71.3 Å². The van der Waals surface area contributed by atoms with Gasteiger partial charge < -0.3 is 24.1 Å². The first-order chi connectivity index (χ1) is 20.5. The normalized spacial score (nSPS) is 11.8. The number of unbranched alkanes of at least 4 members (excludes halogenated alkanes) is 2. The van der Waals surface area contributed by atoms with Gasteiger partial charge in [-0.3, -0.25) is 4.79 Å². The first-order valence-electron chi connectivity index (χ1n) is 15.2. The molecular formula is C35H45N3O4. The van der Waals surface area contributed by atoms with Crippen molar-refractivity contribution in [3.63, 3.8) is 0 Å². The molecule has 1 N–H and O–H groups in total. The molecule has 1 atom stereocenters. The lowest BCUT2D eigenvalue weighted by atomic mass is 9.99. The fraction of sp³-hybridized carbons (Fsp3) is 0.429. The summed E-state index contributed by atoms with van der Waals surface area (Å²) >= 11 is 0. The molecule has 1 unspecified atom stereocenters. The quantitative estimate of drug-likeness (QED) is 0.137. The van der Waals surface area contributed by atoms with Crippen LogP contribution < -0.4 is 19.5 Å². The van der Waals surface area contributed by atoms with E-state index < -0.39 is 0 Å². The van der Waals surface area contributed by atoms with E-state index in [-0.39, 0.29) is 5.91 Å². The van der Waals surface area contributed by atoms with Crippen LogP contribution in [0.1, 0.15) is 68.8 Å². The van der Waals surface area contributed by atoms with Gasteiger partial charge in [0.2, 0.25) is 5.91 Å². The maximum absolute atomic E-state index is 12.4. The van der Waals surface area contributed by atoms with E-state index in [9.17, 15) is 4.79 Å². The standard InChI is InChI=1S/C35H45N3O4/c1-5-26(2)28-16-18-29(19-17-28)42-23-11-22-38-31-13-9-8-12-30(31)37-34(38)14-7-6-10-21-36-35(39)25-27-15-20-32(40-3)33(24-27)41-4/h8-9,12-13,15-20,24,26H,5-7,10-11,14,21-23,25H2,1-4H3,(H,36,39). The lowest BCUT2D eigenvalue weighted by molar-refractivity contribution is -0.120. The van der Waals surface area contributed by atoms with Crippen LogP contribution in [0.4, 0.5) is 0 Å². The molecule has 0 aliphatic carbocycles. The number of aryl methyl sites for hydroxylation is 2. The van der Waals surface area contributed by atoms with Gasteiger partial charge in [-0.05, 0) is 79.1 Å². The number of aromatic nitrogens is 2. The Hall–Kier alpha value is -4.00. The molecule has 1 amide bonds. The molecule has 0 saturated heterocycles. The van der Waals surface area contributed by atoms with Crippen LogP contribution in [0.5, 0.6) is 17.2 Å². The minimum atomic E-state index is 0.0118. The van der Waals surface area contributed by atoms with Crippen LogP contribution >= 0.6 is 0 Å². The van der Waals surface area contributed by atoms with E-state index in [4.69, 9.17) is 19.2 Å². The summed E-state index contributed by atoms with van der Waals surface area (Å²) < 4.78 is 19.0. The van der Waals surface area contributed by atoms with Crippen LogP contribution in [-0.4, -0.2) is 42.8 Å². The molecule has 0 saturated carbocycles. The SMILES string of the molecule is CCC(C)c1ccc(OCCCn2c(CCCCCNC(=O)Cc3ccc(OC)c(OC)c3)nc3ccccc32)cc1. The number of ether oxygens (including phenoxy) is 3. The number of amides is 1. The van der Waals surface area contributed by atoms with E-state index in [0.717, 1.165) is 67.7 Å². The number of nitrogens with one attached hydrogen (secondary N) is 1. The minimum Gasteiger partial charge on any atom is -0.494 e. The summed E-state index contributed by atoms with van der Waals surface area (Å²) in [4.78, 5) is 17.4. The molecular weight excluding hydrogens is 526 g/mol. The maximum Gasteiger partial charge on any atom is 0.224 e. The highest BCUT2D eigenvalue weighted by atomic mass is 16.5. The van der Waals surface area contributed by atoms with E-state index in [0.29, 0.717) is 37.0 Å². The Labute approximate surface area is 250 Å². The number of para-hydroxylation sites is 2. The molecule has 224 valence electrons.